The van der Waals surface area contributed by atoms with Crippen LogP contribution in [0.15, 0.2) is 36.7 Å². The van der Waals surface area contributed by atoms with Crippen molar-refractivity contribution in [3.05, 3.63) is 41.7 Å². The molecule has 1 aliphatic heterocycles. The van der Waals surface area contributed by atoms with Gasteiger partial charge in [-0.3, -0.25) is 4.79 Å². The molecule has 3 rings (SSSR count). The first-order valence-electron chi connectivity index (χ1n) is 8.48. The number of likely N-dealkylation sites (tertiary alicyclic amines) is 1. The van der Waals surface area contributed by atoms with Gasteiger partial charge in [-0.15, -0.1) is 0 Å². The largest absolute Gasteiger partial charge is 0.426 e. The number of carbonyl (C=O) groups is 1. The minimum Gasteiger partial charge on any atom is -0.373 e. The lowest BCUT2D eigenvalue weighted by Crippen LogP contribution is -2.57. The summed E-state index contributed by atoms with van der Waals surface area (Å²) in [6.45, 7) is 0.762. The van der Waals surface area contributed by atoms with Gasteiger partial charge in [0.1, 0.15) is 5.82 Å². The zero-order valence-corrected chi connectivity index (χ0v) is 15.3. The van der Waals surface area contributed by atoms with Crippen molar-refractivity contribution in [1.82, 2.24) is 14.5 Å². The van der Waals surface area contributed by atoms with E-state index in [1.807, 2.05) is 22.9 Å². The molecule has 0 bridgehead atoms. The van der Waals surface area contributed by atoms with Crippen LogP contribution in [0, 0.1) is 0 Å². The van der Waals surface area contributed by atoms with Crippen molar-refractivity contribution in [2.24, 2.45) is 0 Å². The van der Waals surface area contributed by atoms with Gasteiger partial charge in [0, 0.05) is 42.1 Å². The number of rotatable bonds is 3. The second kappa shape index (κ2) is 7.16. The van der Waals surface area contributed by atoms with Crippen molar-refractivity contribution < 1.29 is 23.1 Å². The predicted molar refractivity (Wildman–Crippen MR) is 94.2 cm³/mol. The molecule has 0 spiro atoms. The summed E-state index contributed by atoms with van der Waals surface area (Å²) in [4.78, 5) is 17.5. The summed E-state index contributed by atoms with van der Waals surface area (Å²) < 4.78 is 40.6. The number of carbonyl (C=O) groups excluding carboxylic acids is 1. The van der Waals surface area contributed by atoms with Crippen molar-refractivity contribution in [2.75, 3.05) is 13.1 Å². The summed E-state index contributed by atoms with van der Waals surface area (Å²) in [5, 5.41) is 10.2. The molecule has 1 atom stereocenters. The molecule has 9 heteroatoms. The third-order valence-electron chi connectivity index (χ3n) is 4.88. The van der Waals surface area contributed by atoms with E-state index in [9.17, 15) is 23.1 Å². The molecule has 1 aliphatic rings. The molecule has 0 saturated carbocycles. The highest BCUT2D eigenvalue weighted by atomic mass is 35.5. The number of nitrogens with zero attached hydrogens (tertiary/aromatic N) is 3. The molecule has 1 aromatic carbocycles. The molecule has 2 aromatic rings. The van der Waals surface area contributed by atoms with Crippen LogP contribution in [0.25, 0.3) is 11.4 Å². The van der Waals surface area contributed by atoms with Crippen LogP contribution in [-0.4, -0.2) is 50.3 Å². The van der Waals surface area contributed by atoms with Crippen molar-refractivity contribution in [2.45, 2.75) is 37.6 Å². The predicted octanol–water partition coefficient (Wildman–Crippen LogP) is 3.68. The van der Waals surface area contributed by atoms with Crippen LogP contribution in [0.4, 0.5) is 13.2 Å². The molecule has 1 saturated heterocycles. The van der Waals surface area contributed by atoms with Crippen LogP contribution >= 0.6 is 11.6 Å². The third kappa shape index (κ3) is 3.82. The molecule has 146 valence electrons. The van der Waals surface area contributed by atoms with Gasteiger partial charge in [0.2, 0.25) is 5.60 Å². The van der Waals surface area contributed by atoms with E-state index in [2.05, 4.69) is 4.98 Å². The summed E-state index contributed by atoms with van der Waals surface area (Å²) in [5.74, 6) is -0.573. The van der Waals surface area contributed by atoms with Gasteiger partial charge >= 0.3 is 6.18 Å². The van der Waals surface area contributed by atoms with E-state index in [4.69, 9.17) is 11.6 Å². The molecule has 1 fully saturated rings. The average molecular weight is 402 g/mol. The van der Waals surface area contributed by atoms with Gasteiger partial charge in [0.25, 0.3) is 5.91 Å². The van der Waals surface area contributed by atoms with Gasteiger partial charge in [-0.05, 0) is 44.0 Å². The van der Waals surface area contributed by atoms with Gasteiger partial charge in [-0.25, -0.2) is 4.98 Å². The van der Waals surface area contributed by atoms with E-state index in [0.717, 1.165) is 16.3 Å². The Balaban J connectivity index is 1.71. The second-order valence-corrected chi connectivity index (χ2v) is 7.19. The second-order valence-electron chi connectivity index (χ2n) is 6.76. The van der Waals surface area contributed by atoms with E-state index in [1.165, 1.54) is 0 Å². The van der Waals surface area contributed by atoms with Gasteiger partial charge in [-0.1, -0.05) is 11.6 Å². The van der Waals surface area contributed by atoms with Gasteiger partial charge in [0.15, 0.2) is 0 Å². The highest BCUT2D eigenvalue weighted by molar-refractivity contribution is 6.30. The Bertz CT molecular complexity index is 810. The number of halogens is 4. The van der Waals surface area contributed by atoms with Crippen LogP contribution in [0.2, 0.25) is 5.02 Å². The molecular weight excluding hydrogens is 383 g/mol. The first-order valence-corrected chi connectivity index (χ1v) is 8.86. The third-order valence-corrected chi connectivity index (χ3v) is 5.14. The zero-order chi connectivity index (χ0) is 19.8. The molecule has 1 unspecified atom stereocenters. The molecule has 1 N–H and O–H groups in total. The minimum absolute atomic E-state index is 0.00179. The molecule has 5 nitrogen and oxygen atoms in total. The zero-order valence-electron chi connectivity index (χ0n) is 14.6. The van der Waals surface area contributed by atoms with Crippen LogP contribution in [-0.2, 0) is 4.79 Å². The number of alkyl halides is 3. The Morgan fingerprint density at radius 2 is 1.81 bits per heavy atom. The Morgan fingerprint density at radius 1 is 1.22 bits per heavy atom. The number of piperidine rings is 1. The SMILES string of the molecule is CC(O)(C(=O)N1CCC(n2ccnc2-c2ccc(Cl)cc2)CC1)C(F)(F)F. The number of hydrogen-bond acceptors (Lipinski definition) is 3. The van der Waals surface area contributed by atoms with E-state index < -0.39 is 17.7 Å². The number of amides is 1. The highest BCUT2D eigenvalue weighted by Crippen LogP contribution is 2.34. The summed E-state index contributed by atoms with van der Waals surface area (Å²) in [5.41, 5.74) is -2.49. The van der Waals surface area contributed by atoms with Crippen LogP contribution in [0.5, 0.6) is 0 Å². The van der Waals surface area contributed by atoms with Gasteiger partial charge < -0.3 is 14.6 Å². The number of aromatic nitrogens is 2. The van der Waals surface area contributed by atoms with Gasteiger partial charge in [0.05, 0.1) is 0 Å². The van der Waals surface area contributed by atoms with E-state index in [0.29, 0.717) is 24.8 Å². The van der Waals surface area contributed by atoms with Crippen LogP contribution in [0.1, 0.15) is 25.8 Å². The lowest BCUT2D eigenvalue weighted by molar-refractivity contribution is -0.250. The first kappa shape index (κ1) is 19.7. The molecule has 27 heavy (non-hydrogen) atoms. The standard InChI is InChI=1S/C18H19ClF3N3O2/c1-17(27,18(20,21)22)16(26)24-9-6-14(7-10-24)25-11-8-23-15(25)12-2-4-13(19)5-3-12/h2-5,8,11,14,27H,6-7,9-10H2,1H3. The van der Waals surface area contributed by atoms with Crippen molar-refractivity contribution in [3.63, 3.8) is 0 Å². The molecular formula is C18H19ClF3N3O2. The summed E-state index contributed by atoms with van der Waals surface area (Å²) >= 11 is 5.91. The summed E-state index contributed by atoms with van der Waals surface area (Å²) in [6.07, 6.45) is -0.589. The maximum absolute atomic E-state index is 12.9. The van der Waals surface area contributed by atoms with E-state index in [1.54, 1.807) is 18.3 Å². The number of imidazole rings is 1. The maximum Gasteiger partial charge on any atom is 0.426 e. The Hall–Kier alpha value is -2.06. The van der Waals surface area contributed by atoms with Crippen molar-refractivity contribution in [3.8, 4) is 11.4 Å². The molecule has 2 heterocycles. The quantitative estimate of drug-likeness (QED) is 0.853. The maximum atomic E-state index is 12.9. The Morgan fingerprint density at radius 3 is 2.37 bits per heavy atom. The fourth-order valence-corrected chi connectivity index (χ4v) is 3.33. The van der Waals surface area contributed by atoms with Crippen molar-refractivity contribution in [1.29, 1.82) is 0 Å². The molecule has 0 aliphatic carbocycles. The first-order chi connectivity index (χ1) is 12.6. The molecule has 1 amide bonds. The van der Waals surface area contributed by atoms with Crippen LogP contribution < -0.4 is 0 Å². The minimum atomic E-state index is -5.01. The molecule has 0 radical (unpaired) electrons. The lowest BCUT2D eigenvalue weighted by atomic mass is 9.99. The fourth-order valence-electron chi connectivity index (χ4n) is 3.21. The van der Waals surface area contributed by atoms with E-state index in [-0.39, 0.29) is 19.1 Å². The number of benzene rings is 1. The number of hydrogen-bond donors (Lipinski definition) is 1. The topological polar surface area (TPSA) is 58.4 Å². The normalized spacial score (nSPS) is 18.4. The van der Waals surface area contributed by atoms with Crippen LogP contribution in [0.3, 0.4) is 0 Å². The smallest absolute Gasteiger partial charge is 0.373 e. The van der Waals surface area contributed by atoms with Crippen molar-refractivity contribution >= 4 is 17.5 Å². The Labute approximate surface area is 159 Å². The van der Waals surface area contributed by atoms with E-state index >= 15 is 0 Å². The monoisotopic (exact) mass is 401 g/mol. The average Bonchev–Trinajstić information content (AvgIpc) is 3.10. The summed E-state index contributed by atoms with van der Waals surface area (Å²) in [7, 11) is 0. The van der Waals surface area contributed by atoms with Gasteiger partial charge in [-0.2, -0.15) is 13.2 Å². The number of aliphatic hydroxyl groups is 1. The Kier molecular flexibility index (Phi) is 5.22. The molecule has 1 aromatic heterocycles. The highest BCUT2D eigenvalue weighted by Gasteiger charge is 2.57. The summed E-state index contributed by atoms with van der Waals surface area (Å²) in [6, 6.07) is 7.21. The fraction of sp³-hybridized carbons (Fsp3) is 0.444. The lowest BCUT2D eigenvalue weighted by Gasteiger charge is -2.37.